The maximum atomic E-state index is 12.3. The number of nitrogens with one attached hydrogen (secondary N) is 1. The maximum Gasteiger partial charge on any atom is 0.326 e. The van der Waals surface area contributed by atoms with Gasteiger partial charge in [-0.1, -0.05) is 44.2 Å². The Bertz CT molecular complexity index is 655. The van der Waals surface area contributed by atoms with E-state index in [9.17, 15) is 14.4 Å². The molecule has 128 valence electrons. The molecular weight excluding hydrogens is 310 g/mol. The summed E-state index contributed by atoms with van der Waals surface area (Å²) in [6.07, 6.45) is 0.388. The number of hydrazone groups is 1. The van der Waals surface area contributed by atoms with Crippen molar-refractivity contribution < 1.29 is 19.5 Å². The Kier molecular flexibility index (Phi) is 5.68. The topological polar surface area (TPSA) is 99.1 Å². The predicted molar refractivity (Wildman–Crippen MR) is 88.1 cm³/mol. The molecule has 1 heterocycles. The molecule has 1 aliphatic rings. The van der Waals surface area contributed by atoms with Crippen LogP contribution in [0.4, 0.5) is 0 Å². The number of aliphatic carboxylic acids is 1. The molecule has 1 aromatic rings. The van der Waals surface area contributed by atoms with E-state index in [-0.39, 0.29) is 36.9 Å². The van der Waals surface area contributed by atoms with Gasteiger partial charge in [0.05, 0.1) is 6.54 Å². The van der Waals surface area contributed by atoms with Crippen molar-refractivity contribution in [2.45, 2.75) is 39.3 Å². The van der Waals surface area contributed by atoms with Crippen molar-refractivity contribution in [1.29, 1.82) is 0 Å². The van der Waals surface area contributed by atoms with Gasteiger partial charge in [-0.05, 0) is 11.5 Å². The molecule has 0 aromatic heterocycles. The molecule has 0 saturated heterocycles. The highest BCUT2D eigenvalue weighted by Crippen LogP contribution is 2.14. The molecule has 7 heteroatoms. The molecule has 2 rings (SSSR count). The molecule has 0 fully saturated rings. The maximum absolute atomic E-state index is 12.3. The van der Waals surface area contributed by atoms with Crippen LogP contribution in [0.5, 0.6) is 0 Å². The van der Waals surface area contributed by atoms with Crippen molar-refractivity contribution in [2.75, 3.05) is 0 Å². The number of carboxylic acid groups (broad SMARTS) is 1. The van der Waals surface area contributed by atoms with Crippen molar-refractivity contribution in [3.8, 4) is 0 Å². The Morgan fingerprint density at radius 3 is 2.50 bits per heavy atom. The Hall–Kier alpha value is -2.70. The van der Waals surface area contributed by atoms with E-state index in [4.69, 9.17) is 5.11 Å². The van der Waals surface area contributed by atoms with Gasteiger partial charge in [0.1, 0.15) is 11.8 Å². The number of hydrogen-bond donors (Lipinski definition) is 2. The molecule has 0 saturated carbocycles. The fourth-order valence-corrected chi connectivity index (χ4v) is 2.38. The first-order chi connectivity index (χ1) is 11.4. The average Bonchev–Trinajstić information content (AvgIpc) is 2.54. The van der Waals surface area contributed by atoms with Crippen LogP contribution in [-0.4, -0.2) is 39.7 Å². The second-order valence-corrected chi connectivity index (χ2v) is 6.02. The van der Waals surface area contributed by atoms with Crippen molar-refractivity contribution in [2.24, 2.45) is 11.0 Å². The molecule has 1 aliphatic heterocycles. The molecule has 0 aliphatic carbocycles. The number of carboxylic acids is 1. The van der Waals surface area contributed by atoms with Gasteiger partial charge in [-0.3, -0.25) is 9.59 Å². The smallest absolute Gasteiger partial charge is 0.326 e. The predicted octanol–water partition coefficient (Wildman–Crippen LogP) is 1.39. The van der Waals surface area contributed by atoms with Gasteiger partial charge < -0.3 is 10.4 Å². The van der Waals surface area contributed by atoms with Gasteiger partial charge in [-0.25, -0.2) is 9.80 Å². The van der Waals surface area contributed by atoms with E-state index in [2.05, 4.69) is 10.4 Å². The molecule has 1 atom stereocenters. The van der Waals surface area contributed by atoms with Crippen LogP contribution in [0.2, 0.25) is 0 Å². The second-order valence-electron chi connectivity index (χ2n) is 6.02. The van der Waals surface area contributed by atoms with Crippen molar-refractivity contribution in [1.82, 2.24) is 10.3 Å². The van der Waals surface area contributed by atoms with Gasteiger partial charge in [-0.2, -0.15) is 5.10 Å². The summed E-state index contributed by atoms with van der Waals surface area (Å²) in [7, 11) is 0. The van der Waals surface area contributed by atoms with Crippen LogP contribution in [0, 0.1) is 5.92 Å². The van der Waals surface area contributed by atoms with Gasteiger partial charge in [0.2, 0.25) is 5.91 Å². The van der Waals surface area contributed by atoms with Gasteiger partial charge in [0.15, 0.2) is 0 Å². The summed E-state index contributed by atoms with van der Waals surface area (Å²) < 4.78 is 0. The summed E-state index contributed by atoms with van der Waals surface area (Å²) >= 11 is 0. The quantitative estimate of drug-likeness (QED) is 0.823. The second kappa shape index (κ2) is 7.72. The van der Waals surface area contributed by atoms with Crippen LogP contribution < -0.4 is 5.32 Å². The lowest BCUT2D eigenvalue weighted by molar-refractivity contribution is -0.142. The zero-order chi connectivity index (χ0) is 17.7. The first kappa shape index (κ1) is 17.7. The Balaban J connectivity index is 2.11. The molecule has 0 unspecified atom stereocenters. The standard InChI is InChI=1S/C17H21N3O4/c1-11(2)15(17(23)24)18-16(22)13-8-9-14(21)20(19-13)10-12-6-4-3-5-7-12/h3-7,11,15H,8-10H2,1-2H3,(H,18,22)(H,23,24)/t15-/m1/s1. The van der Waals surface area contributed by atoms with Crippen LogP contribution in [0.3, 0.4) is 0 Å². The van der Waals surface area contributed by atoms with E-state index in [1.165, 1.54) is 5.01 Å². The third kappa shape index (κ3) is 4.41. The molecule has 2 amide bonds. The molecule has 0 radical (unpaired) electrons. The van der Waals surface area contributed by atoms with E-state index in [0.29, 0.717) is 0 Å². The fraction of sp³-hybridized carbons (Fsp3) is 0.412. The summed E-state index contributed by atoms with van der Waals surface area (Å²) in [5.74, 6) is -2.04. The number of carbonyl (C=O) groups excluding carboxylic acids is 2. The van der Waals surface area contributed by atoms with E-state index < -0.39 is 17.9 Å². The number of carbonyl (C=O) groups is 3. The lowest BCUT2D eigenvalue weighted by Crippen LogP contribution is -2.48. The highest BCUT2D eigenvalue weighted by molar-refractivity contribution is 6.39. The van der Waals surface area contributed by atoms with E-state index in [1.54, 1.807) is 13.8 Å². The van der Waals surface area contributed by atoms with E-state index in [1.807, 2.05) is 30.3 Å². The molecule has 2 N–H and O–H groups in total. The first-order valence-electron chi connectivity index (χ1n) is 7.84. The third-order valence-electron chi connectivity index (χ3n) is 3.76. The van der Waals surface area contributed by atoms with Crippen LogP contribution >= 0.6 is 0 Å². The van der Waals surface area contributed by atoms with E-state index >= 15 is 0 Å². The van der Waals surface area contributed by atoms with Gasteiger partial charge in [0, 0.05) is 12.8 Å². The average molecular weight is 331 g/mol. The van der Waals surface area contributed by atoms with Gasteiger partial charge >= 0.3 is 5.97 Å². The highest BCUT2D eigenvalue weighted by atomic mass is 16.4. The van der Waals surface area contributed by atoms with Gasteiger partial charge in [0.25, 0.3) is 5.91 Å². The number of nitrogens with zero attached hydrogens (tertiary/aromatic N) is 2. The summed E-state index contributed by atoms with van der Waals surface area (Å²) in [4.78, 5) is 35.5. The Labute approximate surface area is 140 Å². The molecule has 0 bridgehead atoms. The largest absolute Gasteiger partial charge is 0.480 e. The minimum atomic E-state index is -1.09. The Morgan fingerprint density at radius 2 is 1.92 bits per heavy atom. The first-order valence-corrected chi connectivity index (χ1v) is 7.84. The SMILES string of the molecule is CC(C)[C@@H](NC(=O)C1=NN(Cc2ccccc2)C(=O)CC1)C(=O)O. The van der Waals surface area contributed by atoms with Gasteiger partial charge in [-0.15, -0.1) is 0 Å². The van der Waals surface area contributed by atoms with Crippen LogP contribution in [0.1, 0.15) is 32.3 Å². The zero-order valence-corrected chi connectivity index (χ0v) is 13.7. The zero-order valence-electron chi connectivity index (χ0n) is 13.7. The fourth-order valence-electron chi connectivity index (χ4n) is 2.38. The number of rotatable bonds is 6. The van der Waals surface area contributed by atoms with E-state index in [0.717, 1.165) is 5.56 Å². The summed E-state index contributed by atoms with van der Waals surface area (Å²) in [5, 5.41) is 17.0. The lowest BCUT2D eigenvalue weighted by atomic mass is 10.0. The monoisotopic (exact) mass is 331 g/mol. The summed E-state index contributed by atoms with van der Waals surface area (Å²) in [6, 6.07) is 8.36. The number of hydrogen-bond acceptors (Lipinski definition) is 4. The molecule has 0 spiro atoms. The van der Waals surface area contributed by atoms with Crippen molar-refractivity contribution in [3.05, 3.63) is 35.9 Å². The summed E-state index contributed by atoms with van der Waals surface area (Å²) in [5.41, 5.74) is 1.08. The van der Waals surface area contributed by atoms with Crippen LogP contribution in [0.25, 0.3) is 0 Å². The molecule has 1 aromatic carbocycles. The highest BCUT2D eigenvalue weighted by Gasteiger charge is 2.29. The number of benzene rings is 1. The van der Waals surface area contributed by atoms with Crippen molar-refractivity contribution >= 4 is 23.5 Å². The third-order valence-corrected chi connectivity index (χ3v) is 3.76. The normalized spacial score (nSPS) is 15.9. The molecular formula is C17H21N3O4. The van der Waals surface area contributed by atoms with Crippen LogP contribution in [-0.2, 0) is 20.9 Å². The molecule has 24 heavy (non-hydrogen) atoms. The Morgan fingerprint density at radius 1 is 1.25 bits per heavy atom. The van der Waals surface area contributed by atoms with Crippen LogP contribution in [0.15, 0.2) is 35.4 Å². The molecule has 7 nitrogen and oxygen atoms in total. The lowest BCUT2D eigenvalue weighted by Gasteiger charge is -2.24. The minimum Gasteiger partial charge on any atom is -0.480 e. The minimum absolute atomic E-state index is 0.158. The van der Waals surface area contributed by atoms with Crippen molar-refractivity contribution in [3.63, 3.8) is 0 Å². The summed E-state index contributed by atoms with van der Waals surface area (Å²) in [6.45, 7) is 3.71. The number of amides is 2.